The van der Waals surface area contributed by atoms with E-state index in [1.165, 1.54) is 29.9 Å². The van der Waals surface area contributed by atoms with Gasteiger partial charge in [0, 0.05) is 0 Å². The first-order chi connectivity index (χ1) is 10.2. The van der Waals surface area contributed by atoms with E-state index in [2.05, 4.69) is 10.1 Å². The van der Waals surface area contributed by atoms with Crippen molar-refractivity contribution in [3.8, 4) is 5.69 Å². The number of hydrogen-bond acceptors (Lipinski definition) is 2. The lowest BCUT2D eigenvalue weighted by molar-refractivity contribution is -0.137. The third-order valence-electron chi connectivity index (χ3n) is 2.89. The van der Waals surface area contributed by atoms with Crippen LogP contribution in [-0.2, 0) is 6.18 Å². The Morgan fingerprint density at radius 3 is 2.59 bits per heavy atom. The van der Waals surface area contributed by atoms with Crippen LogP contribution in [0.2, 0.25) is 0 Å². The summed E-state index contributed by atoms with van der Waals surface area (Å²) >= 11 is 0. The van der Waals surface area contributed by atoms with E-state index in [9.17, 15) is 18.0 Å². The molecular formula is C13H12F3N5O. The molecule has 1 heterocycles. The Hall–Kier alpha value is -2.84. The second kappa shape index (κ2) is 5.51. The van der Waals surface area contributed by atoms with Gasteiger partial charge in [0.2, 0.25) is 0 Å². The minimum absolute atomic E-state index is 0.103. The highest BCUT2D eigenvalue weighted by molar-refractivity contribution is 6.02. The molecule has 0 aliphatic heterocycles. The van der Waals surface area contributed by atoms with Crippen LogP contribution in [-0.4, -0.2) is 21.6 Å². The maximum Gasteiger partial charge on any atom is 0.416 e. The van der Waals surface area contributed by atoms with Crippen molar-refractivity contribution in [3.63, 3.8) is 0 Å². The molecule has 4 N–H and O–H groups in total. The maximum atomic E-state index is 12.7. The Morgan fingerprint density at radius 2 is 2.00 bits per heavy atom. The van der Waals surface area contributed by atoms with Gasteiger partial charge in [-0.1, -0.05) is 6.07 Å². The van der Waals surface area contributed by atoms with Gasteiger partial charge in [-0.2, -0.15) is 23.3 Å². The minimum atomic E-state index is -4.46. The number of carbonyl (C=O) groups is 1. The molecule has 6 nitrogen and oxygen atoms in total. The maximum absolute atomic E-state index is 12.7. The van der Waals surface area contributed by atoms with E-state index in [1.54, 1.807) is 0 Å². The van der Waals surface area contributed by atoms with Crippen molar-refractivity contribution in [1.29, 1.82) is 0 Å². The van der Waals surface area contributed by atoms with Gasteiger partial charge in [-0.25, -0.2) is 4.68 Å². The van der Waals surface area contributed by atoms with Crippen LogP contribution < -0.4 is 11.5 Å². The van der Waals surface area contributed by atoms with Crippen molar-refractivity contribution in [1.82, 2.24) is 9.78 Å². The van der Waals surface area contributed by atoms with Gasteiger partial charge >= 0.3 is 6.18 Å². The Morgan fingerprint density at radius 1 is 1.32 bits per heavy atom. The number of guanidine groups is 1. The van der Waals surface area contributed by atoms with Gasteiger partial charge in [0.15, 0.2) is 5.96 Å². The lowest BCUT2D eigenvalue weighted by Crippen LogP contribution is -2.24. The van der Waals surface area contributed by atoms with Gasteiger partial charge in [0.05, 0.1) is 28.7 Å². The lowest BCUT2D eigenvalue weighted by Gasteiger charge is -2.10. The van der Waals surface area contributed by atoms with Crippen LogP contribution in [0.4, 0.5) is 13.2 Å². The first kappa shape index (κ1) is 15.5. The van der Waals surface area contributed by atoms with Crippen LogP contribution >= 0.6 is 0 Å². The zero-order chi connectivity index (χ0) is 16.5. The summed E-state index contributed by atoms with van der Waals surface area (Å²) in [6.07, 6.45) is -3.27. The number of alkyl halides is 3. The van der Waals surface area contributed by atoms with Crippen LogP contribution in [0.1, 0.15) is 21.6 Å². The van der Waals surface area contributed by atoms with E-state index in [-0.39, 0.29) is 11.3 Å². The number of carbonyl (C=O) groups excluding carboxylic acids is 1. The number of rotatable bonds is 2. The Kier molecular flexibility index (Phi) is 3.89. The molecule has 0 spiro atoms. The molecule has 0 atom stereocenters. The average Bonchev–Trinajstić information content (AvgIpc) is 2.79. The summed E-state index contributed by atoms with van der Waals surface area (Å²) in [5.74, 6) is -1.12. The van der Waals surface area contributed by atoms with Gasteiger partial charge in [0.25, 0.3) is 5.91 Å². The molecule has 9 heteroatoms. The molecule has 22 heavy (non-hydrogen) atoms. The molecule has 0 unspecified atom stereocenters. The SMILES string of the molecule is Cc1c(C(=O)N=C(N)N)cnn1-c1cccc(C(F)(F)F)c1. The summed E-state index contributed by atoms with van der Waals surface area (Å²) in [5.41, 5.74) is 10.0. The van der Waals surface area contributed by atoms with Crippen molar-refractivity contribution in [3.05, 3.63) is 47.3 Å². The Balaban J connectivity index is 2.46. The second-order valence-electron chi connectivity index (χ2n) is 4.45. The second-order valence-corrected chi connectivity index (χ2v) is 4.45. The summed E-state index contributed by atoms with van der Waals surface area (Å²) in [6.45, 7) is 1.53. The van der Waals surface area contributed by atoms with Crippen molar-refractivity contribution >= 4 is 11.9 Å². The fourth-order valence-corrected chi connectivity index (χ4v) is 1.87. The van der Waals surface area contributed by atoms with Crippen LogP contribution in [0.15, 0.2) is 35.5 Å². The average molecular weight is 311 g/mol. The van der Waals surface area contributed by atoms with Crippen molar-refractivity contribution < 1.29 is 18.0 Å². The number of halogens is 3. The summed E-state index contributed by atoms with van der Waals surface area (Å²) in [6, 6.07) is 4.60. The smallest absolute Gasteiger partial charge is 0.370 e. The molecular weight excluding hydrogens is 299 g/mol. The minimum Gasteiger partial charge on any atom is -0.370 e. The van der Waals surface area contributed by atoms with Crippen molar-refractivity contribution in [2.45, 2.75) is 13.1 Å². The van der Waals surface area contributed by atoms with Gasteiger partial charge in [-0.15, -0.1) is 0 Å². The monoisotopic (exact) mass is 311 g/mol. The summed E-state index contributed by atoms with van der Waals surface area (Å²) in [5, 5.41) is 3.92. The van der Waals surface area contributed by atoms with Gasteiger partial charge in [-0.05, 0) is 25.1 Å². The van der Waals surface area contributed by atoms with Crippen molar-refractivity contribution in [2.75, 3.05) is 0 Å². The summed E-state index contributed by atoms with van der Waals surface area (Å²) in [4.78, 5) is 15.1. The number of benzene rings is 1. The van der Waals surface area contributed by atoms with Crippen molar-refractivity contribution in [2.24, 2.45) is 16.5 Å². The molecule has 1 aromatic heterocycles. The van der Waals surface area contributed by atoms with Gasteiger partial charge < -0.3 is 11.5 Å². The van der Waals surface area contributed by atoms with E-state index in [0.717, 1.165) is 12.1 Å². The molecule has 2 aromatic rings. The number of nitrogens with two attached hydrogens (primary N) is 2. The van der Waals surface area contributed by atoms with Crippen LogP contribution in [0, 0.1) is 6.92 Å². The fourth-order valence-electron chi connectivity index (χ4n) is 1.87. The number of aliphatic imine (C=N–C) groups is 1. The molecule has 0 aliphatic carbocycles. The molecule has 0 fully saturated rings. The number of hydrogen-bond donors (Lipinski definition) is 2. The molecule has 116 valence electrons. The topological polar surface area (TPSA) is 99.3 Å². The van der Waals surface area contributed by atoms with E-state index < -0.39 is 23.6 Å². The molecule has 0 bridgehead atoms. The summed E-state index contributed by atoms with van der Waals surface area (Å²) < 4.78 is 39.4. The lowest BCUT2D eigenvalue weighted by atomic mass is 10.2. The van der Waals surface area contributed by atoms with Crippen LogP contribution in [0.3, 0.4) is 0 Å². The quantitative estimate of drug-likeness (QED) is 0.650. The normalized spacial score (nSPS) is 11.3. The highest BCUT2D eigenvalue weighted by Crippen LogP contribution is 2.30. The van der Waals surface area contributed by atoms with E-state index in [1.807, 2.05) is 0 Å². The molecule has 0 saturated heterocycles. The fraction of sp³-hybridized carbons (Fsp3) is 0.154. The third kappa shape index (κ3) is 3.08. The highest BCUT2D eigenvalue weighted by Gasteiger charge is 2.30. The highest BCUT2D eigenvalue weighted by atomic mass is 19.4. The number of aromatic nitrogens is 2. The number of nitrogens with zero attached hydrogens (tertiary/aromatic N) is 3. The Bertz CT molecular complexity index is 744. The molecule has 0 aliphatic rings. The number of amides is 1. The molecule has 0 saturated carbocycles. The Labute approximate surface area is 123 Å². The molecule has 1 aromatic carbocycles. The first-order valence-electron chi connectivity index (χ1n) is 6.06. The molecule has 0 radical (unpaired) electrons. The van der Waals surface area contributed by atoms with Crippen LogP contribution in [0.5, 0.6) is 0 Å². The third-order valence-corrected chi connectivity index (χ3v) is 2.89. The molecule has 1 amide bonds. The predicted octanol–water partition coefficient (Wildman–Crippen LogP) is 1.61. The van der Waals surface area contributed by atoms with E-state index in [4.69, 9.17) is 11.5 Å². The first-order valence-corrected chi connectivity index (χ1v) is 6.06. The standard InChI is InChI=1S/C13H12F3N5O/c1-7-10(11(22)20-12(17)18)6-19-21(7)9-4-2-3-8(5-9)13(14,15)16/h2-6H,1H3,(H4,17,18,20,22). The van der Waals surface area contributed by atoms with E-state index in [0.29, 0.717) is 5.69 Å². The van der Waals surface area contributed by atoms with Gasteiger partial charge in [-0.3, -0.25) is 4.79 Å². The molecule has 2 rings (SSSR count). The largest absolute Gasteiger partial charge is 0.416 e. The predicted molar refractivity (Wildman–Crippen MR) is 73.4 cm³/mol. The van der Waals surface area contributed by atoms with E-state index >= 15 is 0 Å². The zero-order valence-electron chi connectivity index (χ0n) is 11.4. The van der Waals surface area contributed by atoms with Gasteiger partial charge in [0.1, 0.15) is 0 Å². The zero-order valence-corrected chi connectivity index (χ0v) is 11.4. The van der Waals surface area contributed by atoms with Crippen LogP contribution in [0.25, 0.3) is 5.69 Å². The summed E-state index contributed by atoms with van der Waals surface area (Å²) in [7, 11) is 0.